The molecule has 0 aliphatic heterocycles. The minimum Gasteiger partial charge on any atom is -0.406 e. The first-order chi connectivity index (χ1) is 14.2. The lowest BCUT2D eigenvalue weighted by atomic mass is 10.2. The number of amides is 1. The monoisotopic (exact) mass is 421 g/mol. The number of nitrogens with zero attached hydrogens (tertiary/aromatic N) is 2. The average molecular weight is 421 g/mol. The Morgan fingerprint density at radius 3 is 2.43 bits per heavy atom. The highest BCUT2D eigenvalue weighted by Gasteiger charge is 2.31. The molecule has 3 N–H and O–H groups in total. The second-order valence-electron chi connectivity index (χ2n) is 5.88. The molecule has 2 heterocycles. The van der Waals surface area contributed by atoms with Crippen LogP contribution in [0.4, 0.5) is 40.6 Å². The summed E-state index contributed by atoms with van der Waals surface area (Å²) in [7, 11) is 1.43. The molecule has 3 rings (SSSR count). The molecule has 0 saturated carbocycles. The fourth-order valence-electron chi connectivity index (χ4n) is 2.45. The third-order valence-corrected chi connectivity index (χ3v) is 3.71. The summed E-state index contributed by atoms with van der Waals surface area (Å²) < 4.78 is 54.3. The van der Waals surface area contributed by atoms with E-state index < -0.39 is 23.8 Å². The van der Waals surface area contributed by atoms with Gasteiger partial charge in [-0.25, -0.2) is 14.4 Å². The number of anilines is 4. The summed E-state index contributed by atoms with van der Waals surface area (Å²) in [6, 6.07) is 9.23. The number of benzene rings is 1. The van der Waals surface area contributed by atoms with E-state index in [2.05, 4.69) is 30.7 Å². The average Bonchev–Trinajstić information content (AvgIpc) is 2.68. The highest BCUT2D eigenvalue weighted by atomic mass is 19.4. The number of hydrogen-bond donors (Lipinski definition) is 3. The third kappa shape index (κ3) is 5.56. The second-order valence-corrected chi connectivity index (χ2v) is 5.88. The molecular formula is C19H15F4N5O2. The molecule has 0 atom stereocenters. The molecule has 156 valence electrons. The molecular weight excluding hydrogens is 406 g/mol. The van der Waals surface area contributed by atoms with Crippen molar-refractivity contribution in [1.29, 1.82) is 0 Å². The molecule has 1 amide bonds. The predicted octanol–water partition coefficient (Wildman–Crippen LogP) is 4.36. The van der Waals surface area contributed by atoms with Gasteiger partial charge in [0.25, 0.3) is 5.91 Å². The molecule has 30 heavy (non-hydrogen) atoms. The first-order valence-corrected chi connectivity index (χ1v) is 8.47. The molecule has 0 aliphatic carbocycles. The van der Waals surface area contributed by atoms with Crippen LogP contribution < -0.4 is 20.7 Å². The lowest BCUT2D eigenvalue weighted by Crippen LogP contribution is -2.19. The first-order valence-electron chi connectivity index (χ1n) is 8.47. The van der Waals surface area contributed by atoms with E-state index in [1.165, 1.54) is 43.6 Å². The lowest BCUT2D eigenvalue weighted by molar-refractivity contribution is -0.274. The van der Waals surface area contributed by atoms with Crippen LogP contribution in [0.1, 0.15) is 10.4 Å². The molecule has 3 aromatic rings. The van der Waals surface area contributed by atoms with E-state index in [-0.39, 0.29) is 22.8 Å². The Kier molecular flexibility index (Phi) is 6.00. The number of alkyl halides is 3. The number of rotatable bonds is 6. The molecule has 0 saturated heterocycles. The standard InChI is InChI=1S/C19H15F4N5O2/c1-24-18(29)14-10-26-17(28-16-6-5-11(20)9-25-16)8-15(14)27-12-3-2-4-13(7-12)30-19(21,22)23/h2-10H,1H3,(H,24,29)(H2,25,26,27,28). The molecule has 0 aliphatic rings. The van der Waals surface area contributed by atoms with E-state index in [1.807, 2.05) is 0 Å². The SMILES string of the molecule is CNC(=O)c1cnc(Nc2ccc(F)cn2)cc1Nc1cccc(OC(F)(F)F)c1. The zero-order valence-electron chi connectivity index (χ0n) is 15.4. The Morgan fingerprint density at radius 1 is 1.00 bits per heavy atom. The van der Waals surface area contributed by atoms with Crippen molar-refractivity contribution in [3.8, 4) is 5.75 Å². The number of ether oxygens (including phenoxy) is 1. The number of halogens is 4. The van der Waals surface area contributed by atoms with Crippen molar-refractivity contribution >= 4 is 28.9 Å². The topological polar surface area (TPSA) is 88.2 Å². The molecule has 0 fully saturated rings. The smallest absolute Gasteiger partial charge is 0.406 e. The van der Waals surface area contributed by atoms with Gasteiger partial charge in [0.2, 0.25) is 0 Å². The molecule has 2 aromatic heterocycles. The van der Waals surface area contributed by atoms with Crippen LogP contribution in [0.3, 0.4) is 0 Å². The van der Waals surface area contributed by atoms with Gasteiger partial charge in [-0.3, -0.25) is 4.79 Å². The number of aromatic nitrogens is 2. The minimum atomic E-state index is -4.83. The van der Waals surface area contributed by atoms with Crippen LogP contribution in [-0.2, 0) is 0 Å². The van der Waals surface area contributed by atoms with Crippen LogP contribution >= 0.6 is 0 Å². The zero-order chi connectivity index (χ0) is 21.7. The van der Waals surface area contributed by atoms with Crippen molar-refractivity contribution < 1.29 is 27.1 Å². The van der Waals surface area contributed by atoms with Gasteiger partial charge in [0.1, 0.15) is 23.2 Å². The fourth-order valence-corrected chi connectivity index (χ4v) is 2.45. The van der Waals surface area contributed by atoms with E-state index in [1.54, 1.807) is 0 Å². The number of pyridine rings is 2. The Balaban J connectivity index is 1.90. The number of hydrogen-bond acceptors (Lipinski definition) is 6. The maximum Gasteiger partial charge on any atom is 0.573 e. The van der Waals surface area contributed by atoms with Crippen LogP contribution in [0.15, 0.2) is 54.9 Å². The number of carbonyl (C=O) groups is 1. The van der Waals surface area contributed by atoms with Crippen LogP contribution in [0.5, 0.6) is 5.75 Å². The van der Waals surface area contributed by atoms with Gasteiger partial charge in [-0.05, 0) is 24.3 Å². The summed E-state index contributed by atoms with van der Waals surface area (Å²) in [5, 5.41) is 8.19. The van der Waals surface area contributed by atoms with E-state index in [9.17, 15) is 22.4 Å². The van der Waals surface area contributed by atoms with Gasteiger partial charge in [-0.1, -0.05) is 6.07 Å². The van der Waals surface area contributed by atoms with Crippen LogP contribution in [-0.4, -0.2) is 29.3 Å². The summed E-state index contributed by atoms with van der Waals surface area (Å²) >= 11 is 0. The predicted molar refractivity (Wildman–Crippen MR) is 102 cm³/mol. The highest BCUT2D eigenvalue weighted by Crippen LogP contribution is 2.29. The normalized spacial score (nSPS) is 11.0. The fraction of sp³-hybridized carbons (Fsp3) is 0.105. The van der Waals surface area contributed by atoms with Gasteiger partial charge in [-0.2, -0.15) is 0 Å². The van der Waals surface area contributed by atoms with Gasteiger partial charge in [-0.15, -0.1) is 13.2 Å². The van der Waals surface area contributed by atoms with Gasteiger partial charge in [0, 0.05) is 31.1 Å². The summed E-state index contributed by atoms with van der Waals surface area (Å²) in [4.78, 5) is 20.1. The van der Waals surface area contributed by atoms with Crippen molar-refractivity contribution in [2.45, 2.75) is 6.36 Å². The van der Waals surface area contributed by atoms with Gasteiger partial charge in [0.15, 0.2) is 0 Å². The lowest BCUT2D eigenvalue weighted by Gasteiger charge is -2.15. The summed E-state index contributed by atoms with van der Waals surface area (Å²) in [6.45, 7) is 0. The summed E-state index contributed by atoms with van der Waals surface area (Å²) in [6.07, 6.45) is -2.53. The molecule has 1 aromatic carbocycles. The molecule has 0 bridgehead atoms. The van der Waals surface area contributed by atoms with Gasteiger partial charge in [0.05, 0.1) is 17.4 Å². The molecule has 7 nitrogen and oxygen atoms in total. The molecule has 0 spiro atoms. The summed E-state index contributed by atoms with van der Waals surface area (Å²) in [5.41, 5.74) is 0.661. The molecule has 0 radical (unpaired) electrons. The van der Waals surface area contributed by atoms with Crippen molar-refractivity contribution in [3.63, 3.8) is 0 Å². The highest BCUT2D eigenvalue weighted by molar-refractivity contribution is 6.00. The Morgan fingerprint density at radius 2 is 1.77 bits per heavy atom. The maximum absolute atomic E-state index is 13.0. The van der Waals surface area contributed by atoms with Crippen LogP contribution in [0.2, 0.25) is 0 Å². The van der Waals surface area contributed by atoms with Crippen molar-refractivity contribution in [2.75, 3.05) is 17.7 Å². The van der Waals surface area contributed by atoms with E-state index in [0.29, 0.717) is 5.82 Å². The van der Waals surface area contributed by atoms with Crippen LogP contribution in [0.25, 0.3) is 0 Å². The minimum absolute atomic E-state index is 0.150. The first kappa shape index (κ1) is 20.8. The van der Waals surface area contributed by atoms with Crippen molar-refractivity contribution in [2.24, 2.45) is 0 Å². The third-order valence-electron chi connectivity index (χ3n) is 3.71. The Hall–Kier alpha value is -3.89. The quantitative estimate of drug-likeness (QED) is 0.513. The van der Waals surface area contributed by atoms with E-state index in [0.717, 1.165) is 18.3 Å². The number of nitrogens with one attached hydrogen (secondary N) is 3. The Labute approximate surface area is 168 Å². The molecule has 0 unspecified atom stereocenters. The zero-order valence-corrected chi connectivity index (χ0v) is 15.4. The summed E-state index contributed by atoms with van der Waals surface area (Å²) in [5.74, 6) is -0.807. The maximum atomic E-state index is 13.0. The van der Waals surface area contributed by atoms with Crippen molar-refractivity contribution in [1.82, 2.24) is 15.3 Å². The van der Waals surface area contributed by atoms with E-state index >= 15 is 0 Å². The number of carbonyl (C=O) groups excluding carboxylic acids is 1. The Bertz CT molecular complexity index is 1040. The van der Waals surface area contributed by atoms with Gasteiger partial charge < -0.3 is 20.7 Å². The largest absolute Gasteiger partial charge is 0.573 e. The molecule has 11 heteroatoms. The van der Waals surface area contributed by atoms with E-state index in [4.69, 9.17) is 0 Å². The second kappa shape index (κ2) is 8.64. The van der Waals surface area contributed by atoms with Crippen molar-refractivity contribution in [3.05, 3.63) is 66.2 Å². The van der Waals surface area contributed by atoms with Gasteiger partial charge >= 0.3 is 6.36 Å². The van der Waals surface area contributed by atoms with Crippen LogP contribution in [0, 0.1) is 5.82 Å².